The van der Waals surface area contributed by atoms with Crippen molar-refractivity contribution in [3.63, 3.8) is 0 Å². The van der Waals surface area contributed by atoms with Crippen LogP contribution in [0.2, 0.25) is 0 Å². The van der Waals surface area contributed by atoms with Crippen molar-refractivity contribution < 1.29 is 4.79 Å². The summed E-state index contributed by atoms with van der Waals surface area (Å²) in [5.41, 5.74) is 0. The van der Waals surface area contributed by atoms with E-state index >= 15 is 0 Å². The predicted molar refractivity (Wildman–Crippen MR) is 64.5 cm³/mol. The molecule has 4 heteroatoms. The summed E-state index contributed by atoms with van der Waals surface area (Å²) >= 11 is 0. The highest BCUT2D eigenvalue weighted by atomic mass is 16.2. The molecule has 2 rings (SSSR count). The van der Waals surface area contributed by atoms with Crippen LogP contribution in [0.4, 0.5) is 4.79 Å². The van der Waals surface area contributed by atoms with Gasteiger partial charge in [0.15, 0.2) is 0 Å². The van der Waals surface area contributed by atoms with Crippen LogP contribution in [-0.2, 0) is 0 Å². The standard InChI is InChI=1S/C12H23N3O/c1-2-6-15(11-9-13-10-11)12(16)14-7-4-3-5-8-14/h11,13H,2-10H2,1H3. The van der Waals surface area contributed by atoms with Crippen LogP contribution in [0.1, 0.15) is 32.6 Å². The van der Waals surface area contributed by atoms with Crippen molar-refractivity contribution >= 4 is 6.03 Å². The summed E-state index contributed by atoms with van der Waals surface area (Å²) in [4.78, 5) is 16.5. The van der Waals surface area contributed by atoms with Crippen LogP contribution >= 0.6 is 0 Å². The summed E-state index contributed by atoms with van der Waals surface area (Å²) in [7, 11) is 0. The van der Waals surface area contributed by atoms with E-state index in [4.69, 9.17) is 0 Å². The summed E-state index contributed by atoms with van der Waals surface area (Å²) in [6.45, 7) is 6.90. The van der Waals surface area contributed by atoms with Crippen LogP contribution in [-0.4, -0.2) is 54.6 Å². The molecule has 0 aliphatic carbocycles. The van der Waals surface area contributed by atoms with Gasteiger partial charge in [-0.1, -0.05) is 6.92 Å². The first kappa shape index (κ1) is 11.7. The number of hydrogen-bond acceptors (Lipinski definition) is 2. The second-order valence-corrected chi connectivity index (χ2v) is 4.84. The molecule has 0 bridgehead atoms. The predicted octanol–water partition coefficient (Wildman–Crippen LogP) is 1.28. The molecule has 0 atom stereocenters. The summed E-state index contributed by atoms with van der Waals surface area (Å²) in [5.74, 6) is 0. The van der Waals surface area contributed by atoms with Gasteiger partial charge < -0.3 is 15.1 Å². The zero-order chi connectivity index (χ0) is 11.4. The Morgan fingerprint density at radius 3 is 2.50 bits per heavy atom. The smallest absolute Gasteiger partial charge is 0.320 e. The Morgan fingerprint density at radius 1 is 1.31 bits per heavy atom. The van der Waals surface area contributed by atoms with Crippen molar-refractivity contribution in [2.45, 2.75) is 38.6 Å². The molecular formula is C12H23N3O. The lowest BCUT2D eigenvalue weighted by Gasteiger charge is -2.41. The van der Waals surface area contributed by atoms with Gasteiger partial charge in [-0.15, -0.1) is 0 Å². The highest BCUT2D eigenvalue weighted by Gasteiger charge is 2.31. The van der Waals surface area contributed by atoms with E-state index in [9.17, 15) is 4.79 Å². The maximum Gasteiger partial charge on any atom is 0.320 e. The van der Waals surface area contributed by atoms with Gasteiger partial charge in [-0.3, -0.25) is 0 Å². The van der Waals surface area contributed by atoms with E-state index in [2.05, 4.69) is 17.1 Å². The monoisotopic (exact) mass is 225 g/mol. The molecule has 0 aromatic rings. The fraction of sp³-hybridized carbons (Fsp3) is 0.917. The Bertz CT molecular complexity index is 234. The second-order valence-electron chi connectivity index (χ2n) is 4.84. The van der Waals surface area contributed by atoms with E-state index in [1.54, 1.807) is 0 Å². The zero-order valence-electron chi connectivity index (χ0n) is 10.2. The molecule has 4 nitrogen and oxygen atoms in total. The van der Waals surface area contributed by atoms with Crippen molar-refractivity contribution in [3.8, 4) is 0 Å². The van der Waals surface area contributed by atoms with Crippen LogP contribution < -0.4 is 5.32 Å². The first-order valence-electron chi connectivity index (χ1n) is 6.59. The highest BCUT2D eigenvalue weighted by molar-refractivity contribution is 5.75. The Balaban J connectivity index is 1.92. The number of nitrogens with one attached hydrogen (secondary N) is 1. The van der Waals surface area contributed by atoms with Crippen molar-refractivity contribution in [1.82, 2.24) is 15.1 Å². The minimum absolute atomic E-state index is 0.271. The van der Waals surface area contributed by atoms with Crippen LogP contribution in [0.5, 0.6) is 0 Å². The van der Waals surface area contributed by atoms with Crippen LogP contribution in [0, 0.1) is 0 Å². The molecule has 2 aliphatic heterocycles. The molecule has 16 heavy (non-hydrogen) atoms. The number of piperidine rings is 1. The van der Waals surface area contributed by atoms with Crippen molar-refractivity contribution in [3.05, 3.63) is 0 Å². The lowest BCUT2D eigenvalue weighted by atomic mass is 10.1. The van der Waals surface area contributed by atoms with Gasteiger partial charge in [-0.25, -0.2) is 4.79 Å². The summed E-state index contributed by atoms with van der Waals surface area (Å²) < 4.78 is 0. The lowest BCUT2D eigenvalue weighted by Crippen LogP contribution is -2.61. The number of hydrogen-bond donors (Lipinski definition) is 1. The molecule has 0 aromatic heterocycles. The van der Waals surface area contributed by atoms with E-state index < -0.39 is 0 Å². The quantitative estimate of drug-likeness (QED) is 0.785. The molecule has 0 spiro atoms. The third-order valence-corrected chi connectivity index (χ3v) is 3.54. The molecule has 2 heterocycles. The lowest BCUT2D eigenvalue weighted by molar-refractivity contribution is 0.108. The third kappa shape index (κ3) is 2.48. The van der Waals surface area contributed by atoms with Gasteiger partial charge in [0.2, 0.25) is 0 Å². The molecule has 2 saturated heterocycles. The molecule has 92 valence electrons. The average molecular weight is 225 g/mol. The summed E-state index contributed by atoms with van der Waals surface area (Å²) in [5, 5.41) is 3.25. The minimum Gasteiger partial charge on any atom is -0.325 e. The second kappa shape index (κ2) is 5.53. The molecule has 1 N–H and O–H groups in total. The highest BCUT2D eigenvalue weighted by Crippen LogP contribution is 2.15. The Labute approximate surface area is 98.0 Å². The largest absolute Gasteiger partial charge is 0.325 e. The first-order valence-corrected chi connectivity index (χ1v) is 6.59. The fourth-order valence-corrected chi connectivity index (χ4v) is 2.44. The average Bonchev–Trinajstić information content (AvgIpc) is 2.26. The van der Waals surface area contributed by atoms with E-state index in [1.807, 2.05) is 4.90 Å². The number of urea groups is 1. The number of carbonyl (C=O) groups excluding carboxylic acids is 1. The first-order chi connectivity index (χ1) is 7.83. The van der Waals surface area contributed by atoms with Gasteiger partial charge in [-0.2, -0.15) is 0 Å². The fourth-order valence-electron chi connectivity index (χ4n) is 2.44. The minimum atomic E-state index is 0.271. The molecule has 2 fully saturated rings. The SMILES string of the molecule is CCCN(C(=O)N1CCCCC1)C1CNC1. The van der Waals surface area contributed by atoms with Gasteiger partial charge in [0.05, 0.1) is 6.04 Å². The Morgan fingerprint density at radius 2 is 2.00 bits per heavy atom. The number of likely N-dealkylation sites (tertiary alicyclic amines) is 1. The maximum absolute atomic E-state index is 12.3. The van der Waals surface area contributed by atoms with E-state index in [1.165, 1.54) is 19.3 Å². The van der Waals surface area contributed by atoms with Gasteiger partial charge in [0.1, 0.15) is 0 Å². The van der Waals surface area contributed by atoms with Crippen molar-refractivity contribution in [2.75, 3.05) is 32.7 Å². The molecule has 2 amide bonds. The number of nitrogens with zero attached hydrogens (tertiary/aromatic N) is 2. The van der Waals surface area contributed by atoms with Gasteiger partial charge in [-0.05, 0) is 25.7 Å². The van der Waals surface area contributed by atoms with Gasteiger partial charge in [0.25, 0.3) is 0 Å². The molecule has 0 unspecified atom stereocenters. The van der Waals surface area contributed by atoms with Gasteiger partial charge >= 0.3 is 6.03 Å². The molecule has 2 aliphatic rings. The van der Waals surface area contributed by atoms with Crippen LogP contribution in [0.15, 0.2) is 0 Å². The van der Waals surface area contributed by atoms with E-state index in [0.29, 0.717) is 6.04 Å². The molecular weight excluding hydrogens is 202 g/mol. The topological polar surface area (TPSA) is 35.6 Å². The van der Waals surface area contributed by atoms with Crippen LogP contribution in [0.3, 0.4) is 0 Å². The number of carbonyl (C=O) groups is 1. The van der Waals surface area contributed by atoms with E-state index in [0.717, 1.165) is 39.1 Å². The third-order valence-electron chi connectivity index (χ3n) is 3.54. The van der Waals surface area contributed by atoms with Gasteiger partial charge in [0, 0.05) is 32.7 Å². The number of rotatable bonds is 3. The van der Waals surface area contributed by atoms with E-state index in [-0.39, 0.29) is 6.03 Å². The maximum atomic E-state index is 12.3. The summed E-state index contributed by atoms with van der Waals surface area (Å²) in [6, 6.07) is 0.711. The Hall–Kier alpha value is -0.770. The Kier molecular flexibility index (Phi) is 4.04. The normalized spacial score (nSPS) is 21.7. The molecule has 0 saturated carbocycles. The molecule has 0 radical (unpaired) electrons. The van der Waals surface area contributed by atoms with Crippen molar-refractivity contribution in [2.24, 2.45) is 0 Å². The van der Waals surface area contributed by atoms with Crippen LogP contribution in [0.25, 0.3) is 0 Å². The molecule has 0 aromatic carbocycles. The number of amides is 2. The van der Waals surface area contributed by atoms with Crippen molar-refractivity contribution in [1.29, 1.82) is 0 Å². The zero-order valence-corrected chi connectivity index (χ0v) is 10.2. The summed E-state index contributed by atoms with van der Waals surface area (Å²) in [6.07, 6.45) is 4.68.